The lowest BCUT2D eigenvalue weighted by atomic mass is 10.0. The van der Waals surface area contributed by atoms with Crippen molar-refractivity contribution in [3.05, 3.63) is 102 Å². The van der Waals surface area contributed by atoms with E-state index in [1.165, 1.54) is 0 Å². The first kappa shape index (κ1) is 21.6. The molecule has 0 spiro atoms. The number of carbonyl (C=O) groups is 2. The molecule has 0 radical (unpaired) electrons. The van der Waals surface area contributed by atoms with E-state index >= 15 is 0 Å². The third-order valence-corrected chi connectivity index (χ3v) is 5.84. The number of fused-ring (bicyclic) bond motifs is 1. The van der Waals surface area contributed by atoms with Crippen molar-refractivity contribution in [1.29, 1.82) is 0 Å². The van der Waals surface area contributed by atoms with Gasteiger partial charge >= 0.3 is 0 Å². The molecule has 6 heteroatoms. The van der Waals surface area contributed by atoms with Crippen LogP contribution in [0.2, 0.25) is 0 Å². The lowest BCUT2D eigenvalue weighted by Crippen LogP contribution is -2.25. The second kappa shape index (κ2) is 9.75. The summed E-state index contributed by atoms with van der Waals surface area (Å²) in [5.74, 6) is 0.555. The molecule has 4 aromatic rings. The molecule has 1 heterocycles. The molecule has 1 saturated carbocycles. The molecule has 2 N–H and O–H groups in total. The Hall–Kier alpha value is -4.19. The lowest BCUT2D eigenvalue weighted by molar-refractivity contribution is -0.117. The Labute approximate surface area is 198 Å². The van der Waals surface area contributed by atoms with Gasteiger partial charge in [-0.1, -0.05) is 42.5 Å². The van der Waals surface area contributed by atoms with Crippen molar-refractivity contribution in [1.82, 2.24) is 10.3 Å². The highest BCUT2D eigenvalue weighted by atomic mass is 16.5. The van der Waals surface area contributed by atoms with E-state index in [2.05, 4.69) is 15.6 Å². The number of carbonyl (C=O) groups excluding carboxylic acids is 2. The number of hydrogen-bond acceptors (Lipinski definition) is 4. The minimum absolute atomic E-state index is 0.0220. The normalized spacial score (nSPS) is 12.8. The molecule has 1 aliphatic carbocycles. The van der Waals surface area contributed by atoms with Gasteiger partial charge in [-0.25, -0.2) is 0 Å². The lowest BCUT2D eigenvalue weighted by Gasteiger charge is -2.13. The summed E-state index contributed by atoms with van der Waals surface area (Å²) < 4.78 is 5.79. The molecule has 1 aliphatic rings. The van der Waals surface area contributed by atoms with E-state index < -0.39 is 0 Å². The first-order valence-corrected chi connectivity index (χ1v) is 11.4. The number of hydrogen-bond donors (Lipinski definition) is 2. The van der Waals surface area contributed by atoms with Crippen LogP contribution >= 0.6 is 0 Å². The van der Waals surface area contributed by atoms with Gasteiger partial charge in [-0.2, -0.15) is 0 Å². The Bertz CT molecular complexity index is 1320. The van der Waals surface area contributed by atoms with Gasteiger partial charge in [0.1, 0.15) is 12.4 Å². The Kier molecular flexibility index (Phi) is 6.21. The van der Waals surface area contributed by atoms with E-state index in [4.69, 9.17) is 4.74 Å². The number of nitrogens with zero attached hydrogens (tertiary/aromatic N) is 1. The monoisotopic (exact) mass is 451 g/mol. The molecular weight excluding hydrogens is 426 g/mol. The van der Waals surface area contributed by atoms with Crippen LogP contribution in [0.3, 0.4) is 0 Å². The molecule has 0 saturated heterocycles. The average molecular weight is 452 g/mol. The fourth-order valence-corrected chi connectivity index (χ4v) is 3.74. The largest absolute Gasteiger partial charge is 0.489 e. The molecule has 1 fully saturated rings. The zero-order chi connectivity index (χ0) is 23.3. The van der Waals surface area contributed by atoms with Gasteiger partial charge in [-0.15, -0.1) is 0 Å². The summed E-state index contributed by atoms with van der Waals surface area (Å²) in [7, 11) is 0. The SMILES string of the molecule is O=C(NCc1ccc(OCc2cccnc2)cc1)c1cc2ccccc2cc1NC(=O)C1CC1. The number of rotatable bonds is 8. The molecule has 2 amide bonds. The minimum atomic E-state index is -0.228. The minimum Gasteiger partial charge on any atom is -0.489 e. The maximum absolute atomic E-state index is 13.1. The molecule has 0 atom stereocenters. The standard InChI is InChI=1S/C28H25N3O3/c32-27(21-9-10-21)31-26-15-23-6-2-1-5-22(23)14-25(26)28(33)30-17-19-7-11-24(12-8-19)34-18-20-4-3-13-29-16-20/h1-8,11-16,21H,9-10,17-18H2,(H,30,33)(H,31,32). The Morgan fingerprint density at radius 2 is 1.68 bits per heavy atom. The van der Waals surface area contributed by atoms with Crippen LogP contribution in [-0.2, 0) is 17.9 Å². The Morgan fingerprint density at radius 1 is 0.912 bits per heavy atom. The van der Waals surface area contributed by atoms with Crippen molar-refractivity contribution in [3.63, 3.8) is 0 Å². The van der Waals surface area contributed by atoms with E-state index in [0.29, 0.717) is 24.4 Å². The van der Waals surface area contributed by atoms with Crippen molar-refractivity contribution in [2.75, 3.05) is 5.32 Å². The number of pyridine rings is 1. The van der Waals surface area contributed by atoms with Crippen LogP contribution in [0.25, 0.3) is 10.8 Å². The molecule has 170 valence electrons. The summed E-state index contributed by atoms with van der Waals surface area (Å²) in [6.07, 6.45) is 5.32. The third-order valence-electron chi connectivity index (χ3n) is 5.84. The smallest absolute Gasteiger partial charge is 0.253 e. The molecule has 0 aliphatic heterocycles. The van der Waals surface area contributed by atoms with E-state index in [0.717, 1.165) is 40.5 Å². The quantitative estimate of drug-likeness (QED) is 0.391. The number of ether oxygens (including phenoxy) is 1. The summed E-state index contributed by atoms with van der Waals surface area (Å²) in [4.78, 5) is 29.5. The third kappa shape index (κ3) is 5.23. The molecule has 1 aromatic heterocycles. The number of nitrogens with one attached hydrogen (secondary N) is 2. The van der Waals surface area contributed by atoms with Gasteiger partial charge in [-0.3, -0.25) is 14.6 Å². The molecule has 6 nitrogen and oxygen atoms in total. The molecule has 0 bridgehead atoms. The van der Waals surface area contributed by atoms with Crippen LogP contribution in [0.15, 0.2) is 85.2 Å². The summed E-state index contributed by atoms with van der Waals surface area (Å²) >= 11 is 0. The number of benzene rings is 3. The van der Waals surface area contributed by atoms with Crippen LogP contribution in [0.1, 0.15) is 34.3 Å². The Balaban J connectivity index is 1.25. The van der Waals surface area contributed by atoms with E-state index in [-0.39, 0.29) is 17.7 Å². The first-order valence-electron chi connectivity index (χ1n) is 11.4. The van der Waals surface area contributed by atoms with Gasteiger partial charge in [0.25, 0.3) is 5.91 Å². The maximum atomic E-state index is 13.1. The van der Waals surface area contributed by atoms with Gasteiger partial charge in [0.2, 0.25) is 5.91 Å². The highest BCUT2D eigenvalue weighted by Crippen LogP contribution is 2.32. The highest BCUT2D eigenvalue weighted by molar-refractivity contribution is 6.08. The summed E-state index contributed by atoms with van der Waals surface area (Å²) in [6, 6.07) is 23.0. The first-order chi connectivity index (χ1) is 16.7. The van der Waals surface area contributed by atoms with Crippen molar-refractivity contribution < 1.29 is 14.3 Å². The number of aromatic nitrogens is 1. The van der Waals surface area contributed by atoms with Gasteiger partial charge in [-0.05, 0) is 59.5 Å². The van der Waals surface area contributed by atoms with Crippen molar-refractivity contribution >= 4 is 28.3 Å². The summed E-state index contributed by atoms with van der Waals surface area (Å²) in [5, 5.41) is 7.86. The predicted molar refractivity (Wildman–Crippen MR) is 131 cm³/mol. The van der Waals surface area contributed by atoms with E-state index in [1.54, 1.807) is 12.4 Å². The molecule has 0 unspecified atom stereocenters. The fourth-order valence-electron chi connectivity index (χ4n) is 3.74. The zero-order valence-electron chi connectivity index (χ0n) is 18.7. The van der Waals surface area contributed by atoms with Gasteiger partial charge in [0.05, 0.1) is 11.3 Å². The van der Waals surface area contributed by atoms with Crippen molar-refractivity contribution in [2.45, 2.75) is 26.0 Å². The van der Waals surface area contributed by atoms with Crippen LogP contribution in [0.5, 0.6) is 5.75 Å². The van der Waals surface area contributed by atoms with Gasteiger partial charge in [0, 0.05) is 30.4 Å². The summed E-state index contributed by atoms with van der Waals surface area (Å²) in [5.41, 5.74) is 2.96. The topological polar surface area (TPSA) is 80.3 Å². The van der Waals surface area contributed by atoms with Crippen LogP contribution in [-0.4, -0.2) is 16.8 Å². The summed E-state index contributed by atoms with van der Waals surface area (Å²) in [6.45, 7) is 0.811. The zero-order valence-corrected chi connectivity index (χ0v) is 18.7. The van der Waals surface area contributed by atoms with E-state index in [9.17, 15) is 9.59 Å². The fraction of sp³-hybridized carbons (Fsp3) is 0.179. The Morgan fingerprint density at radius 3 is 2.38 bits per heavy atom. The van der Waals surface area contributed by atoms with Gasteiger partial charge in [0.15, 0.2) is 0 Å². The predicted octanol–water partition coefficient (Wildman–Crippen LogP) is 5.09. The van der Waals surface area contributed by atoms with Gasteiger partial charge < -0.3 is 15.4 Å². The second-order valence-electron chi connectivity index (χ2n) is 8.49. The second-order valence-corrected chi connectivity index (χ2v) is 8.49. The van der Waals surface area contributed by atoms with Crippen LogP contribution in [0.4, 0.5) is 5.69 Å². The molecule has 3 aromatic carbocycles. The van der Waals surface area contributed by atoms with Crippen LogP contribution in [0, 0.1) is 5.92 Å². The van der Waals surface area contributed by atoms with Crippen molar-refractivity contribution in [3.8, 4) is 5.75 Å². The van der Waals surface area contributed by atoms with E-state index in [1.807, 2.05) is 72.8 Å². The molecule has 34 heavy (non-hydrogen) atoms. The highest BCUT2D eigenvalue weighted by Gasteiger charge is 2.30. The molecular formula is C28H25N3O3. The molecule has 5 rings (SSSR count). The van der Waals surface area contributed by atoms with Crippen molar-refractivity contribution in [2.24, 2.45) is 5.92 Å². The number of amides is 2. The average Bonchev–Trinajstić information content (AvgIpc) is 3.73. The maximum Gasteiger partial charge on any atom is 0.253 e. The van der Waals surface area contributed by atoms with Crippen LogP contribution < -0.4 is 15.4 Å². The number of anilines is 1.